The van der Waals surface area contributed by atoms with Crippen molar-refractivity contribution in [1.29, 1.82) is 0 Å². The van der Waals surface area contributed by atoms with Crippen molar-refractivity contribution in [3.8, 4) is 5.75 Å². The molecule has 0 fully saturated rings. The number of halogens is 1. The van der Waals surface area contributed by atoms with Gasteiger partial charge in [0, 0.05) is 22.2 Å². The molecule has 0 bridgehead atoms. The molecule has 8 heteroatoms. The van der Waals surface area contributed by atoms with E-state index in [4.69, 9.17) is 25.2 Å². The maximum absolute atomic E-state index is 13.7. The van der Waals surface area contributed by atoms with Gasteiger partial charge in [-0.05, 0) is 47.9 Å². The van der Waals surface area contributed by atoms with E-state index >= 15 is 0 Å². The highest BCUT2D eigenvalue weighted by atomic mass is 35.5. The highest BCUT2D eigenvalue weighted by Gasteiger charge is 2.46. The Hall–Kier alpha value is -3.97. The van der Waals surface area contributed by atoms with E-state index in [1.165, 1.54) is 24.3 Å². The van der Waals surface area contributed by atoms with Gasteiger partial charge in [0.05, 0.1) is 18.9 Å². The van der Waals surface area contributed by atoms with Crippen molar-refractivity contribution in [2.75, 3.05) is 12.0 Å². The van der Waals surface area contributed by atoms with E-state index < -0.39 is 23.5 Å². The van der Waals surface area contributed by atoms with E-state index in [1.807, 2.05) is 12.1 Å². The Labute approximate surface area is 206 Å². The van der Waals surface area contributed by atoms with Crippen LogP contribution in [-0.4, -0.2) is 23.9 Å². The van der Waals surface area contributed by atoms with Crippen molar-refractivity contribution in [2.24, 2.45) is 0 Å². The summed E-state index contributed by atoms with van der Waals surface area (Å²) in [5, 5.41) is 11.9. The van der Waals surface area contributed by atoms with Crippen LogP contribution in [0.2, 0.25) is 5.02 Å². The summed E-state index contributed by atoms with van der Waals surface area (Å²) < 4.78 is 16.7. The van der Waals surface area contributed by atoms with E-state index in [-0.39, 0.29) is 11.3 Å². The summed E-state index contributed by atoms with van der Waals surface area (Å²) in [6, 6.07) is 14.5. The number of aliphatic hydroxyl groups is 1. The zero-order valence-electron chi connectivity index (χ0n) is 19.2. The van der Waals surface area contributed by atoms with Crippen LogP contribution in [-0.2, 0) is 4.79 Å². The van der Waals surface area contributed by atoms with Crippen LogP contribution in [0, 0.1) is 0 Å². The second-order valence-electron chi connectivity index (χ2n) is 8.57. The monoisotopic (exact) mass is 491 g/mol. The highest BCUT2D eigenvalue weighted by Crippen LogP contribution is 2.43. The first kappa shape index (κ1) is 22.8. The minimum Gasteiger partial charge on any atom is -0.503 e. The van der Waals surface area contributed by atoms with Gasteiger partial charge in [0.25, 0.3) is 5.91 Å². The number of carbonyl (C=O) groups excluding carboxylic acids is 2. The van der Waals surface area contributed by atoms with E-state index in [0.29, 0.717) is 39.1 Å². The van der Waals surface area contributed by atoms with Crippen LogP contribution in [0.3, 0.4) is 0 Å². The topological polar surface area (TPSA) is 93.1 Å². The Kier molecular flexibility index (Phi) is 5.65. The molecule has 3 heterocycles. The molecular formula is C27H22ClNO6. The molecule has 2 aromatic heterocycles. The number of methoxy groups -OCH3 is 1. The number of carbonyl (C=O) groups is 2. The molecule has 1 aliphatic rings. The van der Waals surface area contributed by atoms with Crippen molar-refractivity contribution in [3.63, 3.8) is 0 Å². The zero-order chi connectivity index (χ0) is 24.9. The van der Waals surface area contributed by atoms with Gasteiger partial charge in [0.1, 0.15) is 11.8 Å². The minimum absolute atomic E-state index is 0.0662. The van der Waals surface area contributed by atoms with Gasteiger partial charge in [-0.25, -0.2) is 0 Å². The van der Waals surface area contributed by atoms with Gasteiger partial charge >= 0.3 is 0 Å². The maximum atomic E-state index is 13.7. The van der Waals surface area contributed by atoms with Crippen LogP contribution in [0.15, 0.2) is 81.0 Å². The lowest BCUT2D eigenvalue weighted by Gasteiger charge is -2.25. The minimum atomic E-state index is -0.978. The van der Waals surface area contributed by atoms with Crippen LogP contribution in [0.5, 0.6) is 5.75 Å². The molecule has 35 heavy (non-hydrogen) atoms. The number of amides is 1. The number of furan rings is 2. The van der Waals surface area contributed by atoms with Gasteiger partial charge in [0.15, 0.2) is 22.9 Å². The molecule has 0 radical (unpaired) electrons. The summed E-state index contributed by atoms with van der Waals surface area (Å²) in [6.07, 6.45) is 1.45. The molecule has 0 spiro atoms. The van der Waals surface area contributed by atoms with E-state index in [2.05, 4.69) is 13.8 Å². The predicted octanol–water partition coefficient (Wildman–Crippen LogP) is 6.59. The van der Waals surface area contributed by atoms with Gasteiger partial charge in [-0.15, -0.1) is 0 Å². The lowest BCUT2D eigenvalue weighted by molar-refractivity contribution is -0.117. The number of nitrogens with zero attached hydrogens (tertiary/aromatic N) is 1. The number of fused-ring (bicyclic) bond motifs is 1. The molecule has 178 valence electrons. The van der Waals surface area contributed by atoms with Crippen LogP contribution >= 0.6 is 11.6 Å². The van der Waals surface area contributed by atoms with Crippen molar-refractivity contribution >= 4 is 39.9 Å². The maximum Gasteiger partial charge on any atom is 0.294 e. The van der Waals surface area contributed by atoms with Gasteiger partial charge in [-0.3, -0.25) is 14.5 Å². The van der Waals surface area contributed by atoms with Crippen molar-refractivity contribution < 1.29 is 28.3 Å². The number of Topliss-reactive ketones (excluding diaryl/α,β-unsaturated/α-hetero) is 1. The molecule has 0 saturated carbocycles. The Morgan fingerprint density at radius 2 is 1.89 bits per heavy atom. The molecule has 0 aliphatic carbocycles. The average Bonchev–Trinajstić information content (AvgIpc) is 3.57. The van der Waals surface area contributed by atoms with Crippen LogP contribution in [0.4, 0.5) is 5.69 Å². The second-order valence-corrected chi connectivity index (χ2v) is 9.00. The molecule has 1 amide bonds. The third kappa shape index (κ3) is 3.78. The average molecular weight is 492 g/mol. The number of hydrogen-bond acceptors (Lipinski definition) is 6. The van der Waals surface area contributed by atoms with Crippen LogP contribution < -0.4 is 9.64 Å². The molecule has 0 saturated heterocycles. The largest absolute Gasteiger partial charge is 0.503 e. The molecule has 1 atom stereocenters. The molecule has 5 rings (SSSR count). The Balaban J connectivity index is 1.61. The van der Waals surface area contributed by atoms with E-state index in [9.17, 15) is 14.7 Å². The number of ether oxygens (including phenoxy) is 1. The summed E-state index contributed by atoms with van der Waals surface area (Å²) in [4.78, 5) is 28.3. The number of hydrogen-bond donors (Lipinski definition) is 1. The molecule has 7 nitrogen and oxygen atoms in total. The fraction of sp³-hybridized carbons (Fsp3) is 0.185. The lowest BCUT2D eigenvalue weighted by Crippen LogP contribution is -2.30. The van der Waals surface area contributed by atoms with Crippen molar-refractivity contribution in [2.45, 2.75) is 25.8 Å². The summed E-state index contributed by atoms with van der Waals surface area (Å²) in [7, 11) is 1.47. The van der Waals surface area contributed by atoms with Crippen LogP contribution in [0.1, 0.15) is 47.7 Å². The lowest BCUT2D eigenvalue weighted by atomic mass is 9.98. The van der Waals surface area contributed by atoms with E-state index in [0.717, 1.165) is 5.56 Å². The van der Waals surface area contributed by atoms with Gasteiger partial charge in [-0.1, -0.05) is 37.6 Å². The van der Waals surface area contributed by atoms with Crippen molar-refractivity contribution in [1.82, 2.24) is 0 Å². The number of ketones is 1. The van der Waals surface area contributed by atoms with E-state index in [1.54, 1.807) is 36.4 Å². The van der Waals surface area contributed by atoms with Crippen molar-refractivity contribution in [3.05, 3.63) is 94.3 Å². The molecule has 1 unspecified atom stereocenters. The number of benzene rings is 2. The summed E-state index contributed by atoms with van der Waals surface area (Å²) >= 11 is 6.15. The third-order valence-corrected chi connectivity index (χ3v) is 6.31. The standard InChI is InChI=1S/C27H22ClNO6/c1-14(2)15-6-8-18(9-7-15)29-23(19-5-4-10-34-19)22(25(31)27(29)32)24(30)20-12-16-11-17(28)13-21(33-3)26(16)35-20/h4-14,23,31H,1-3H3. The Bertz CT molecular complexity index is 1460. The molecule has 1 aliphatic heterocycles. The smallest absolute Gasteiger partial charge is 0.294 e. The number of anilines is 1. The number of rotatable bonds is 6. The summed E-state index contributed by atoms with van der Waals surface area (Å²) in [5.74, 6) is -1.08. The predicted molar refractivity (Wildman–Crippen MR) is 131 cm³/mol. The first-order valence-electron chi connectivity index (χ1n) is 11.0. The molecular weight excluding hydrogens is 470 g/mol. The SMILES string of the molecule is COc1cc(Cl)cc2cc(C(=O)C3=C(O)C(=O)N(c4ccc(C(C)C)cc4)C3c3ccco3)oc12. The fourth-order valence-electron chi connectivity index (χ4n) is 4.32. The molecule has 1 N–H and O–H groups in total. The third-order valence-electron chi connectivity index (χ3n) is 6.09. The highest BCUT2D eigenvalue weighted by molar-refractivity contribution is 6.31. The zero-order valence-corrected chi connectivity index (χ0v) is 20.0. The molecule has 4 aromatic rings. The summed E-state index contributed by atoms with van der Waals surface area (Å²) in [6.45, 7) is 4.14. The second kappa shape index (κ2) is 8.67. The van der Waals surface area contributed by atoms with Gasteiger partial charge in [0.2, 0.25) is 5.78 Å². The van der Waals surface area contributed by atoms with Gasteiger partial charge < -0.3 is 18.7 Å². The Morgan fingerprint density at radius 3 is 2.51 bits per heavy atom. The quantitative estimate of drug-likeness (QED) is 0.306. The summed E-state index contributed by atoms with van der Waals surface area (Å²) in [5.41, 5.74) is 1.81. The Morgan fingerprint density at radius 1 is 1.14 bits per heavy atom. The van der Waals surface area contributed by atoms with Crippen LogP contribution in [0.25, 0.3) is 11.0 Å². The normalized spacial score (nSPS) is 16.1. The van der Waals surface area contributed by atoms with Gasteiger partial charge in [-0.2, -0.15) is 0 Å². The first-order chi connectivity index (χ1) is 16.8. The molecule has 2 aromatic carbocycles. The number of aliphatic hydroxyl groups excluding tert-OH is 1. The first-order valence-corrected chi connectivity index (χ1v) is 11.4. The fourth-order valence-corrected chi connectivity index (χ4v) is 4.54.